The van der Waals surface area contributed by atoms with Crippen LogP contribution in [0, 0.1) is 6.92 Å². The van der Waals surface area contributed by atoms with Crippen molar-refractivity contribution in [1.29, 1.82) is 0 Å². The van der Waals surface area contributed by atoms with Crippen molar-refractivity contribution in [2.45, 2.75) is 40.2 Å². The zero-order valence-electron chi connectivity index (χ0n) is 13.1. The highest BCUT2D eigenvalue weighted by molar-refractivity contribution is 5.75. The Morgan fingerprint density at radius 2 is 1.62 bits per heavy atom. The van der Waals surface area contributed by atoms with Gasteiger partial charge in [-0.2, -0.15) is 0 Å². The van der Waals surface area contributed by atoms with Gasteiger partial charge in [0.25, 0.3) is 0 Å². The van der Waals surface area contributed by atoms with Gasteiger partial charge in [0.1, 0.15) is 18.1 Å². The molecule has 2 aromatic rings. The van der Waals surface area contributed by atoms with Crippen LogP contribution in [0.5, 0.6) is 5.75 Å². The number of aryl methyl sites for hydroxylation is 1. The lowest BCUT2D eigenvalue weighted by molar-refractivity contribution is -0.117. The molecule has 0 amide bonds. The van der Waals surface area contributed by atoms with Crippen molar-refractivity contribution in [3.05, 3.63) is 65.7 Å². The van der Waals surface area contributed by atoms with Gasteiger partial charge in [-0.1, -0.05) is 55.5 Å². The molecule has 0 aliphatic rings. The van der Waals surface area contributed by atoms with Gasteiger partial charge in [-0.25, -0.2) is 0 Å². The molecule has 0 saturated carbocycles. The average molecular weight is 284 g/mol. The van der Waals surface area contributed by atoms with Crippen molar-refractivity contribution in [1.82, 2.24) is 0 Å². The summed E-state index contributed by atoms with van der Waals surface area (Å²) in [6.45, 7) is 6.30. The molecule has 0 bridgehead atoms. The van der Waals surface area contributed by atoms with Crippen LogP contribution in [0.4, 0.5) is 0 Å². The second-order valence-electron chi connectivity index (χ2n) is 4.99. The van der Waals surface area contributed by atoms with E-state index in [1.165, 1.54) is 11.1 Å². The van der Waals surface area contributed by atoms with Crippen molar-refractivity contribution in [2.24, 2.45) is 0 Å². The van der Waals surface area contributed by atoms with Gasteiger partial charge in [0.15, 0.2) is 0 Å². The van der Waals surface area contributed by atoms with Gasteiger partial charge in [-0.05, 0) is 37.5 Å². The number of carbonyl (C=O) groups excluding carboxylic acids is 1. The molecule has 0 heterocycles. The third-order valence-electron chi connectivity index (χ3n) is 2.93. The summed E-state index contributed by atoms with van der Waals surface area (Å²) in [6.07, 6.45) is 1.72. The number of rotatable bonds is 5. The zero-order chi connectivity index (χ0) is 15.5. The molecule has 0 spiro atoms. The summed E-state index contributed by atoms with van der Waals surface area (Å²) in [7, 11) is 0. The Hall–Kier alpha value is -2.09. The predicted octanol–water partition coefficient (Wildman–Crippen LogP) is 4.95. The minimum atomic E-state index is 0.289. The van der Waals surface area contributed by atoms with E-state index in [0.717, 1.165) is 18.6 Å². The number of carbonyl (C=O) groups is 1. The molecule has 0 saturated heterocycles. The second-order valence-corrected chi connectivity index (χ2v) is 4.99. The van der Waals surface area contributed by atoms with Gasteiger partial charge in [-0.3, -0.25) is 0 Å². The Morgan fingerprint density at radius 1 is 1.00 bits per heavy atom. The molecule has 2 rings (SSSR count). The quantitative estimate of drug-likeness (QED) is 0.776. The van der Waals surface area contributed by atoms with E-state index < -0.39 is 0 Å². The zero-order valence-corrected chi connectivity index (χ0v) is 13.1. The fourth-order valence-electron chi connectivity index (χ4n) is 1.81. The number of ketones is 1. The number of para-hydroxylation sites is 1. The Morgan fingerprint density at radius 3 is 2.14 bits per heavy atom. The monoisotopic (exact) mass is 284 g/mol. The molecule has 0 N–H and O–H groups in total. The normalized spacial score (nSPS) is 9.48. The summed E-state index contributed by atoms with van der Waals surface area (Å²) in [4.78, 5) is 10.0. The molecule has 0 fully saturated rings. The molecular formula is C19H24O2. The standard InChI is InChI=1S/C14H14O.C5H10O/c1-12-7-5-6-10-14(12)15-11-13-8-3-2-4-9-13;1-3-4-5(2)6/h2-10H,11H2,1H3;3-4H2,1-2H3. The molecule has 2 nitrogen and oxygen atoms in total. The van der Waals surface area contributed by atoms with E-state index in [9.17, 15) is 4.79 Å². The Labute approximate surface area is 127 Å². The van der Waals surface area contributed by atoms with E-state index in [1.54, 1.807) is 6.92 Å². The molecule has 0 atom stereocenters. The third-order valence-corrected chi connectivity index (χ3v) is 2.93. The summed E-state index contributed by atoms with van der Waals surface area (Å²) >= 11 is 0. The van der Waals surface area contributed by atoms with Gasteiger partial charge in [-0.15, -0.1) is 0 Å². The van der Waals surface area contributed by atoms with Crippen LogP contribution >= 0.6 is 0 Å². The van der Waals surface area contributed by atoms with Gasteiger partial charge in [0.2, 0.25) is 0 Å². The van der Waals surface area contributed by atoms with Gasteiger partial charge in [0.05, 0.1) is 0 Å². The van der Waals surface area contributed by atoms with E-state index >= 15 is 0 Å². The van der Waals surface area contributed by atoms with E-state index in [0.29, 0.717) is 6.61 Å². The van der Waals surface area contributed by atoms with Crippen LogP contribution in [-0.4, -0.2) is 5.78 Å². The highest BCUT2D eigenvalue weighted by atomic mass is 16.5. The minimum Gasteiger partial charge on any atom is -0.489 e. The number of Topliss-reactive ketones (excluding diaryl/α,β-unsaturated/α-hetero) is 1. The third kappa shape index (κ3) is 7.31. The molecule has 0 aliphatic heterocycles. The molecule has 21 heavy (non-hydrogen) atoms. The van der Waals surface area contributed by atoms with E-state index in [4.69, 9.17) is 4.74 Å². The minimum absolute atomic E-state index is 0.289. The first-order valence-corrected chi connectivity index (χ1v) is 7.35. The fraction of sp³-hybridized carbons (Fsp3) is 0.316. The van der Waals surface area contributed by atoms with Crippen molar-refractivity contribution in [3.63, 3.8) is 0 Å². The lowest BCUT2D eigenvalue weighted by Crippen LogP contribution is -1.96. The second kappa shape index (κ2) is 9.76. The maximum Gasteiger partial charge on any atom is 0.129 e. The first-order chi connectivity index (χ1) is 10.1. The van der Waals surface area contributed by atoms with E-state index in [1.807, 2.05) is 43.3 Å². The highest BCUT2D eigenvalue weighted by Crippen LogP contribution is 2.17. The van der Waals surface area contributed by atoms with Crippen molar-refractivity contribution < 1.29 is 9.53 Å². The lowest BCUT2D eigenvalue weighted by atomic mass is 10.2. The smallest absolute Gasteiger partial charge is 0.129 e. The molecule has 0 aliphatic carbocycles. The molecular weight excluding hydrogens is 260 g/mol. The van der Waals surface area contributed by atoms with Crippen LogP contribution in [0.15, 0.2) is 54.6 Å². The maximum atomic E-state index is 10.0. The van der Waals surface area contributed by atoms with Crippen molar-refractivity contribution >= 4 is 5.78 Å². The first kappa shape index (κ1) is 17.0. The average Bonchev–Trinajstić information content (AvgIpc) is 2.48. The Bertz CT molecular complexity index is 532. The summed E-state index contributed by atoms with van der Waals surface area (Å²) in [5.74, 6) is 1.25. The van der Waals surface area contributed by atoms with Crippen LogP contribution in [0.2, 0.25) is 0 Å². The van der Waals surface area contributed by atoms with E-state index in [-0.39, 0.29) is 5.78 Å². The van der Waals surface area contributed by atoms with Gasteiger partial charge >= 0.3 is 0 Å². The number of benzene rings is 2. The highest BCUT2D eigenvalue weighted by Gasteiger charge is 1.97. The summed E-state index contributed by atoms with van der Waals surface area (Å²) in [5.41, 5.74) is 2.37. The van der Waals surface area contributed by atoms with Crippen molar-refractivity contribution in [2.75, 3.05) is 0 Å². The number of hydrogen-bond acceptors (Lipinski definition) is 2. The topological polar surface area (TPSA) is 26.3 Å². The summed E-state index contributed by atoms with van der Waals surface area (Å²) in [6, 6.07) is 18.3. The maximum absolute atomic E-state index is 10.0. The fourth-order valence-corrected chi connectivity index (χ4v) is 1.81. The van der Waals surface area contributed by atoms with E-state index in [2.05, 4.69) is 25.1 Å². The molecule has 0 aromatic heterocycles. The van der Waals surface area contributed by atoms with Crippen molar-refractivity contribution in [3.8, 4) is 5.75 Å². The Kier molecular flexibility index (Phi) is 7.88. The van der Waals surface area contributed by atoms with Crippen LogP contribution in [0.3, 0.4) is 0 Å². The predicted molar refractivity (Wildman–Crippen MR) is 87.5 cm³/mol. The number of hydrogen-bond donors (Lipinski definition) is 0. The molecule has 2 aromatic carbocycles. The lowest BCUT2D eigenvalue weighted by Gasteiger charge is -2.08. The van der Waals surface area contributed by atoms with Crippen LogP contribution in [0.1, 0.15) is 37.8 Å². The summed E-state index contributed by atoms with van der Waals surface area (Å²) < 4.78 is 5.72. The first-order valence-electron chi connectivity index (χ1n) is 7.35. The molecule has 0 radical (unpaired) electrons. The van der Waals surface area contributed by atoms with Crippen LogP contribution < -0.4 is 4.74 Å². The molecule has 0 unspecified atom stereocenters. The molecule has 2 heteroatoms. The van der Waals surface area contributed by atoms with Crippen LogP contribution in [0.25, 0.3) is 0 Å². The largest absolute Gasteiger partial charge is 0.489 e. The SMILES string of the molecule is CCCC(C)=O.Cc1ccccc1OCc1ccccc1. The number of ether oxygens (including phenoxy) is 1. The van der Waals surface area contributed by atoms with Crippen LogP contribution in [-0.2, 0) is 11.4 Å². The van der Waals surface area contributed by atoms with Gasteiger partial charge in [0, 0.05) is 6.42 Å². The van der Waals surface area contributed by atoms with Gasteiger partial charge < -0.3 is 9.53 Å². The summed E-state index contributed by atoms with van der Waals surface area (Å²) in [5, 5.41) is 0. The molecule has 112 valence electrons. The Balaban J connectivity index is 0.000000315.